The first-order valence-corrected chi connectivity index (χ1v) is 4.22. The summed E-state index contributed by atoms with van der Waals surface area (Å²) in [6.07, 6.45) is 5.73. The van der Waals surface area contributed by atoms with Crippen molar-refractivity contribution in [1.29, 1.82) is 0 Å². The summed E-state index contributed by atoms with van der Waals surface area (Å²) in [5, 5.41) is 0.780. The topological polar surface area (TPSA) is 17.1 Å². The Morgan fingerprint density at radius 3 is 3.00 bits per heavy atom. The van der Waals surface area contributed by atoms with Gasteiger partial charge in [-0.2, -0.15) is 0 Å². The summed E-state index contributed by atoms with van der Waals surface area (Å²) in [5.74, 6) is 0.521. The third-order valence-electron chi connectivity index (χ3n) is 1.51. The highest BCUT2D eigenvalue weighted by molar-refractivity contribution is 9.09. The van der Waals surface area contributed by atoms with E-state index in [4.69, 9.17) is 0 Å². The zero-order valence-electron chi connectivity index (χ0n) is 5.14. The molecule has 1 aliphatic carbocycles. The van der Waals surface area contributed by atoms with Crippen molar-refractivity contribution in [1.82, 2.24) is 0 Å². The minimum atomic E-state index is 0.152. The SMILES string of the molecule is O=C1CCC=CC1CBr. The molecule has 2 heteroatoms. The summed E-state index contributed by atoms with van der Waals surface area (Å²) in [5.41, 5.74) is 0. The lowest BCUT2D eigenvalue weighted by atomic mass is 9.96. The van der Waals surface area contributed by atoms with Gasteiger partial charge in [0.1, 0.15) is 5.78 Å². The number of carbonyl (C=O) groups is 1. The van der Waals surface area contributed by atoms with E-state index in [2.05, 4.69) is 22.0 Å². The standard InChI is InChI=1S/C7H9BrO/c8-5-6-3-1-2-4-7(6)9/h1,3,6H,2,4-5H2. The molecule has 0 amide bonds. The minimum absolute atomic E-state index is 0.152. The maximum absolute atomic E-state index is 10.9. The molecule has 0 fully saturated rings. The molecule has 1 aliphatic rings. The number of alkyl halides is 1. The van der Waals surface area contributed by atoms with Gasteiger partial charge in [0.15, 0.2) is 0 Å². The van der Waals surface area contributed by atoms with E-state index < -0.39 is 0 Å². The maximum atomic E-state index is 10.9. The van der Waals surface area contributed by atoms with Gasteiger partial charge in [-0.05, 0) is 6.42 Å². The van der Waals surface area contributed by atoms with Gasteiger partial charge in [0, 0.05) is 17.7 Å². The van der Waals surface area contributed by atoms with Crippen LogP contribution in [0.15, 0.2) is 12.2 Å². The Labute approximate surface area is 63.3 Å². The van der Waals surface area contributed by atoms with Crippen LogP contribution in [0.3, 0.4) is 0 Å². The lowest BCUT2D eigenvalue weighted by Crippen LogP contribution is -2.15. The summed E-state index contributed by atoms with van der Waals surface area (Å²) in [7, 11) is 0. The number of allylic oxidation sites excluding steroid dienone is 2. The molecule has 0 spiro atoms. The van der Waals surface area contributed by atoms with Gasteiger partial charge >= 0.3 is 0 Å². The fourth-order valence-electron chi connectivity index (χ4n) is 0.916. The number of carbonyl (C=O) groups excluding carboxylic acids is 1. The molecule has 1 atom stereocenters. The van der Waals surface area contributed by atoms with Crippen LogP contribution in [0.2, 0.25) is 0 Å². The van der Waals surface area contributed by atoms with E-state index in [0.717, 1.165) is 18.2 Å². The van der Waals surface area contributed by atoms with Crippen LogP contribution in [0.1, 0.15) is 12.8 Å². The monoisotopic (exact) mass is 188 g/mol. The van der Waals surface area contributed by atoms with Crippen LogP contribution in [0.25, 0.3) is 0 Å². The van der Waals surface area contributed by atoms with E-state index in [1.165, 1.54) is 0 Å². The summed E-state index contributed by atoms with van der Waals surface area (Å²) >= 11 is 3.28. The molecule has 0 radical (unpaired) electrons. The number of halogens is 1. The average molecular weight is 189 g/mol. The highest BCUT2D eigenvalue weighted by atomic mass is 79.9. The third kappa shape index (κ3) is 1.65. The van der Waals surface area contributed by atoms with Crippen molar-refractivity contribution in [3.8, 4) is 0 Å². The Morgan fingerprint density at radius 1 is 1.78 bits per heavy atom. The smallest absolute Gasteiger partial charge is 0.140 e. The van der Waals surface area contributed by atoms with Gasteiger partial charge in [-0.25, -0.2) is 0 Å². The fourth-order valence-corrected chi connectivity index (χ4v) is 1.49. The number of rotatable bonds is 1. The molecule has 0 bridgehead atoms. The average Bonchev–Trinajstić information content (AvgIpc) is 1.89. The van der Waals surface area contributed by atoms with Gasteiger partial charge in [0.05, 0.1) is 0 Å². The summed E-state index contributed by atoms with van der Waals surface area (Å²) < 4.78 is 0. The van der Waals surface area contributed by atoms with Crippen molar-refractivity contribution < 1.29 is 4.79 Å². The highest BCUT2D eigenvalue weighted by Crippen LogP contribution is 2.14. The molecule has 0 aliphatic heterocycles. The molecule has 1 nitrogen and oxygen atoms in total. The van der Waals surface area contributed by atoms with Crippen LogP contribution in [0.4, 0.5) is 0 Å². The molecular weight excluding hydrogens is 180 g/mol. The van der Waals surface area contributed by atoms with Crippen LogP contribution in [0, 0.1) is 5.92 Å². The predicted molar refractivity (Wildman–Crippen MR) is 40.7 cm³/mol. The second-order valence-corrected chi connectivity index (χ2v) is 2.84. The van der Waals surface area contributed by atoms with Crippen LogP contribution in [-0.2, 0) is 4.79 Å². The van der Waals surface area contributed by atoms with E-state index >= 15 is 0 Å². The highest BCUT2D eigenvalue weighted by Gasteiger charge is 2.15. The van der Waals surface area contributed by atoms with Crippen molar-refractivity contribution in [3.05, 3.63) is 12.2 Å². The molecular formula is C7H9BrO. The Balaban J connectivity index is 2.57. The van der Waals surface area contributed by atoms with Gasteiger partial charge in [-0.3, -0.25) is 4.79 Å². The van der Waals surface area contributed by atoms with E-state index in [9.17, 15) is 4.79 Å². The Bertz CT molecular complexity index is 140. The third-order valence-corrected chi connectivity index (χ3v) is 2.20. The normalized spacial score (nSPS) is 26.8. The zero-order valence-corrected chi connectivity index (χ0v) is 6.73. The first-order chi connectivity index (χ1) is 4.34. The Kier molecular flexibility index (Phi) is 2.46. The molecule has 0 aromatic rings. The fraction of sp³-hybridized carbons (Fsp3) is 0.571. The van der Waals surface area contributed by atoms with Crippen LogP contribution in [-0.4, -0.2) is 11.1 Å². The van der Waals surface area contributed by atoms with Crippen LogP contribution >= 0.6 is 15.9 Å². The summed E-state index contributed by atoms with van der Waals surface area (Å²) in [6, 6.07) is 0. The molecule has 1 unspecified atom stereocenters. The summed E-state index contributed by atoms with van der Waals surface area (Å²) in [4.78, 5) is 10.9. The van der Waals surface area contributed by atoms with Gasteiger partial charge in [0.2, 0.25) is 0 Å². The van der Waals surface area contributed by atoms with Crippen molar-refractivity contribution in [2.24, 2.45) is 5.92 Å². The molecule has 9 heavy (non-hydrogen) atoms. The minimum Gasteiger partial charge on any atom is -0.299 e. The van der Waals surface area contributed by atoms with Gasteiger partial charge in [-0.15, -0.1) is 0 Å². The van der Waals surface area contributed by atoms with Crippen molar-refractivity contribution in [2.45, 2.75) is 12.8 Å². The molecule has 0 heterocycles. The molecule has 0 saturated carbocycles. The van der Waals surface area contributed by atoms with Gasteiger partial charge < -0.3 is 0 Å². The number of Topliss-reactive ketones (excluding diaryl/α,β-unsaturated/α-hetero) is 1. The van der Waals surface area contributed by atoms with Gasteiger partial charge in [-0.1, -0.05) is 28.1 Å². The molecule has 50 valence electrons. The molecule has 1 rings (SSSR count). The van der Waals surface area contributed by atoms with E-state index in [0.29, 0.717) is 5.78 Å². The second kappa shape index (κ2) is 3.16. The van der Waals surface area contributed by atoms with Crippen LogP contribution in [0.5, 0.6) is 0 Å². The summed E-state index contributed by atoms with van der Waals surface area (Å²) in [6.45, 7) is 0. The van der Waals surface area contributed by atoms with E-state index in [1.807, 2.05) is 6.08 Å². The van der Waals surface area contributed by atoms with Gasteiger partial charge in [0.25, 0.3) is 0 Å². The lowest BCUT2D eigenvalue weighted by molar-refractivity contribution is -0.121. The first-order valence-electron chi connectivity index (χ1n) is 3.10. The maximum Gasteiger partial charge on any atom is 0.140 e. The largest absolute Gasteiger partial charge is 0.299 e. The number of hydrogen-bond acceptors (Lipinski definition) is 1. The molecule has 0 N–H and O–H groups in total. The zero-order chi connectivity index (χ0) is 6.69. The predicted octanol–water partition coefficient (Wildman–Crippen LogP) is 1.92. The lowest BCUT2D eigenvalue weighted by Gasteiger charge is -2.10. The quantitative estimate of drug-likeness (QED) is 0.454. The van der Waals surface area contributed by atoms with Crippen molar-refractivity contribution in [3.63, 3.8) is 0 Å². The van der Waals surface area contributed by atoms with Crippen molar-refractivity contribution >= 4 is 21.7 Å². The Hall–Kier alpha value is -0.110. The number of hydrogen-bond donors (Lipinski definition) is 0. The van der Waals surface area contributed by atoms with Crippen molar-refractivity contribution in [2.75, 3.05) is 5.33 Å². The molecule has 0 saturated heterocycles. The van der Waals surface area contributed by atoms with E-state index in [-0.39, 0.29) is 5.92 Å². The Morgan fingerprint density at radius 2 is 2.56 bits per heavy atom. The first kappa shape index (κ1) is 7.00. The molecule has 0 aromatic heterocycles. The molecule has 0 aromatic carbocycles. The van der Waals surface area contributed by atoms with Crippen LogP contribution < -0.4 is 0 Å². The van der Waals surface area contributed by atoms with E-state index in [1.54, 1.807) is 0 Å². The second-order valence-electron chi connectivity index (χ2n) is 2.19. The number of ketones is 1.